The lowest BCUT2D eigenvalue weighted by Gasteiger charge is -2.44. The fraction of sp³-hybridized carbons (Fsp3) is 0.304. The van der Waals surface area contributed by atoms with Gasteiger partial charge in [0.25, 0.3) is 5.91 Å². The van der Waals surface area contributed by atoms with Gasteiger partial charge in [-0.15, -0.1) is 0 Å². The number of Topliss-reactive ketones (excluding diaryl/α,β-unsaturated/α-hetero) is 1. The molecule has 2 aromatic heterocycles. The molecule has 7 nitrogen and oxygen atoms in total. The Morgan fingerprint density at radius 2 is 1.97 bits per heavy atom. The van der Waals surface area contributed by atoms with E-state index in [1.165, 1.54) is 12.1 Å². The van der Waals surface area contributed by atoms with Crippen LogP contribution in [0.2, 0.25) is 0 Å². The van der Waals surface area contributed by atoms with Crippen LogP contribution in [0.3, 0.4) is 0 Å². The molecule has 1 fully saturated rings. The molecule has 0 aliphatic carbocycles. The first-order valence-corrected chi connectivity index (χ1v) is 11.2. The van der Waals surface area contributed by atoms with Crippen molar-refractivity contribution in [3.8, 4) is 11.8 Å². The van der Waals surface area contributed by atoms with Crippen molar-refractivity contribution < 1.29 is 27.5 Å². The number of alkyl halides is 3. The molecule has 174 valence electrons. The van der Waals surface area contributed by atoms with Crippen molar-refractivity contribution in [2.75, 3.05) is 18.8 Å². The normalized spacial score (nSPS) is 17.4. The summed E-state index contributed by atoms with van der Waals surface area (Å²) in [6.07, 6.45) is -3.64. The Labute approximate surface area is 195 Å². The predicted octanol–water partition coefficient (Wildman–Crippen LogP) is 4.41. The number of thiophene rings is 1. The summed E-state index contributed by atoms with van der Waals surface area (Å²) >= 11 is 0.845. The topological polar surface area (TPSA) is 109 Å². The minimum absolute atomic E-state index is 0.0544. The van der Waals surface area contributed by atoms with Gasteiger partial charge >= 0.3 is 6.18 Å². The van der Waals surface area contributed by atoms with E-state index in [1.807, 2.05) is 6.07 Å². The van der Waals surface area contributed by atoms with Gasteiger partial charge in [-0.25, -0.2) is 4.98 Å². The highest BCUT2D eigenvalue weighted by atomic mass is 32.1. The minimum Gasteiger partial charge on any atom is -0.486 e. The molecule has 2 aliphatic rings. The average molecular weight is 486 g/mol. The van der Waals surface area contributed by atoms with E-state index in [0.717, 1.165) is 17.4 Å². The highest BCUT2D eigenvalue weighted by Gasteiger charge is 2.44. The van der Waals surface area contributed by atoms with Crippen LogP contribution in [0.15, 0.2) is 30.3 Å². The Morgan fingerprint density at radius 3 is 2.65 bits per heavy atom. The first-order chi connectivity index (χ1) is 16.1. The standard InChI is InChI=1S/C23H17F3N4O3S/c24-23(25,26)17-4-2-13-18(19(28)34-20(13)29-17)21(32)30-7-5-22(6-8-30)10-15(31)14-9-12(11-27)1-3-16(14)33-22/h1-4,9H,5-8,10,28H2. The van der Waals surface area contributed by atoms with Crippen LogP contribution in [0.1, 0.15) is 51.2 Å². The maximum atomic E-state index is 13.2. The van der Waals surface area contributed by atoms with Crippen LogP contribution in [-0.4, -0.2) is 40.3 Å². The third kappa shape index (κ3) is 3.64. The van der Waals surface area contributed by atoms with E-state index in [1.54, 1.807) is 17.0 Å². The molecule has 0 atom stereocenters. The number of anilines is 1. The Hall–Kier alpha value is -3.65. The minimum atomic E-state index is -4.59. The molecule has 4 heterocycles. The average Bonchev–Trinajstić information content (AvgIpc) is 3.13. The van der Waals surface area contributed by atoms with Gasteiger partial charge in [0.2, 0.25) is 0 Å². The molecule has 11 heteroatoms. The van der Waals surface area contributed by atoms with Crippen molar-refractivity contribution in [3.05, 3.63) is 52.7 Å². The fourth-order valence-electron chi connectivity index (χ4n) is 4.49. The summed E-state index contributed by atoms with van der Waals surface area (Å²) in [4.78, 5) is 31.3. The van der Waals surface area contributed by atoms with Gasteiger partial charge in [-0.2, -0.15) is 18.4 Å². The van der Waals surface area contributed by atoms with E-state index in [9.17, 15) is 22.8 Å². The lowest BCUT2D eigenvalue weighted by molar-refractivity contribution is -0.140. The number of nitrogens with two attached hydrogens (primary N) is 1. The molecule has 1 saturated heterocycles. The number of nitrogens with zero attached hydrogens (tertiary/aromatic N) is 3. The first-order valence-electron chi connectivity index (χ1n) is 10.4. The fourth-order valence-corrected chi connectivity index (χ4v) is 5.42. The number of aromatic nitrogens is 1. The van der Waals surface area contributed by atoms with Gasteiger partial charge in [0.1, 0.15) is 26.9 Å². The van der Waals surface area contributed by atoms with Gasteiger partial charge in [0, 0.05) is 31.3 Å². The summed E-state index contributed by atoms with van der Waals surface area (Å²) in [6, 6.07) is 8.80. The van der Waals surface area contributed by atoms with E-state index in [2.05, 4.69) is 4.98 Å². The van der Waals surface area contributed by atoms with E-state index >= 15 is 0 Å². The van der Waals surface area contributed by atoms with Crippen LogP contribution in [0.4, 0.5) is 18.2 Å². The van der Waals surface area contributed by atoms with Gasteiger partial charge in [-0.1, -0.05) is 11.3 Å². The van der Waals surface area contributed by atoms with E-state index in [0.29, 0.717) is 42.8 Å². The molecule has 0 saturated carbocycles. The summed E-state index contributed by atoms with van der Waals surface area (Å²) in [6.45, 7) is 0.588. The number of halogens is 3. The van der Waals surface area contributed by atoms with Crippen molar-refractivity contribution >= 4 is 38.2 Å². The monoisotopic (exact) mass is 486 g/mol. The molecule has 1 aromatic carbocycles. The Kier molecular flexibility index (Phi) is 5.02. The number of amides is 1. The van der Waals surface area contributed by atoms with Crippen LogP contribution in [0.25, 0.3) is 10.2 Å². The van der Waals surface area contributed by atoms with Crippen molar-refractivity contribution in [2.24, 2.45) is 0 Å². The molecule has 1 amide bonds. The van der Waals surface area contributed by atoms with Gasteiger partial charge in [0.15, 0.2) is 5.78 Å². The number of nitriles is 1. The zero-order valence-electron chi connectivity index (χ0n) is 17.6. The number of ketones is 1. The number of pyridine rings is 1. The number of hydrogen-bond donors (Lipinski definition) is 1. The maximum Gasteiger partial charge on any atom is 0.433 e. The lowest BCUT2D eigenvalue weighted by atomic mass is 9.82. The number of benzene rings is 1. The largest absolute Gasteiger partial charge is 0.486 e. The summed E-state index contributed by atoms with van der Waals surface area (Å²) in [5.41, 5.74) is 5.12. The van der Waals surface area contributed by atoms with Crippen LogP contribution >= 0.6 is 11.3 Å². The molecule has 3 aromatic rings. The summed E-state index contributed by atoms with van der Waals surface area (Å²) in [7, 11) is 0. The summed E-state index contributed by atoms with van der Waals surface area (Å²) in [5, 5.41) is 9.45. The van der Waals surface area contributed by atoms with E-state index in [4.69, 9.17) is 15.7 Å². The molecule has 1 spiro atoms. The molecule has 2 aliphatic heterocycles. The lowest BCUT2D eigenvalue weighted by Crippen LogP contribution is -2.52. The third-order valence-electron chi connectivity index (χ3n) is 6.27. The number of carbonyl (C=O) groups is 2. The van der Waals surface area contributed by atoms with Gasteiger partial charge in [-0.05, 0) is 30.3 Å². The second kappa shape index (κ2) is 7.70. The molecule has 5 rings (SSSR count). The Balaban J connectivity index is 1.36. The van der Waals surface area contributed by atoms with Gasteiger partial charge in [0.05, 0.1) is 29.2 Å². The van der Waals surface area contributed by atoms with Gasteiger partial charge in [-0.3, -0.25) is 9.59 Å². The van der Waals surface area contributed by atoms with Crippen LogP contribution in [0.5, 0.6) is 5.75 Å². The van der Waals surface area contributed by atoms with Crippen LogP contribution in [-0.2, 0) is 6.18 Å². The number of piperidine rings is 1. The second-order valence-electron chi connectivity index (χ2n) is 8.39. The van der Waals surface area contributed by atoms with Crippen LogP contribution in [0, 0.1) is 11.3 Å². The summed E-state index contributed by atoms with van der Waals surface area (Å²) < 4.78 is 45.2. The van der Waals surface area contributed by atoms with E-state index in [-0.39, 0.29) is 38.9 Å². The first kappa shape index (κ1) is 22.2. The predicted molar refractivity (Wildman–Crippen MR) is 118 cm³/mol. The second-order valence-corrected chi connectivity index (χ2v) is 9.42. The highest BCUT2D eigenvalue weighted by Crippen LogP contribution is 2.41. The molecule has 0 unspecified atom stereocenters. The molecular formula is C23H17F3N4O3S. The third-order valence-corrected chi connectivity index (χ3v) is 7.20. The number of likely N-dealkylation sites (tertiary alicyclic amines) is 1. The quantitative estimate of drug-likeness (QED) is 0.546. The zero-order valence-corrected chi connectivity index (χ0v) is 18.4. The van der Waals surface area contributed by atoms with E-state index < -0.39 is 17.5 Å². The Bertz CT molecular complexity index is 1380. The smallest absolute Gasteiger partial charge is 0.433 e. The highest BCUT2D eigenvalue weighted by molar-refractivity contribution is 7.22. The molecule has 2 N–H and O–H groups in total. The van der Waals surface area contributed by atoms with Gasteiger partial charge < -0.3 is 15.4 Å². The molecule has 0 bridgehead atoms. The molecule has 0 radical (unpaired) electrons. The Morgan fingerprint density at radius 1 is 1.24 bits per heavy atom. The molecular weight excluding hydrogens is 469 g/mol. The number of carbonyl (C=O) groups excluding carboxylic acids is 2. The van der Waals surface area contributed by atoms with Crippen molar-refractivity contribution in [1.29, 1.82) is 5.26 Å². The molecule has 34 heavy (non-hydrogen) atoms. The van der Waals surface area contributed by atoms with Crippen molar-refractivity contribution in [3.63, 3.8) is 0 Å². The number of ether oxygens (including phenoxy) is 1. The number of fused-ring (bicyclic) bond motifs is 2. The number of rotatable bonds is 1. The maximum absolute atomic E-state index is 13.2. The SMILES string of the molecule is N#Cc1ccc2c(c1)C(=O)CC1(CCN(C(=O)c3c(N)sc4nc(C(F)(F)F)ccc34)CC1)O2. The summed E-state index contributed by atoms with van der Waals surface area (Å²) in [5.74, 6) is -0.0752. The zero-order chi connectivity index (χ0) is 24.3. The van der Waals surface area contributed by atoms with Crippen molar-refractivity contribution in [1.82, 2.24) is 9.88 Å². The number of nitrogen functional groups attached to an aromatic ring is 1. The number of hydrogen-bond acceptors (Lipinski definition) is 7. The van der Waals surface area contributed by atoms with Crippen LogP contribution < -0.4 is 10.5 Å². The van der Waals surface area contributed by atoms with Crippen molar-refractivity contribution in [2.45, 2.75) is 31.0 Å².